The highest BCUT2D eigenvalue weighted by molar-refractivity contribution is 5.95. The molecule has 0 bridgehead atoms. The Morgan fingerprint density at radius 2 is 1.70 bits per heavy atom. The smallest absolute Gasteiger partial charge is 0.253 e. The number of benzene rings is 2. The number of pyridine rings is 1. The van der Waals surface area contributed by atoms with Crippen LogP contribution in [-0.2, 0) is 0 Å². The molecule has 0 N–H and O–H groups in total. The van der Waals surface area contributed by atoms with Crippen molar-refractivity contribution in [3.63, 3.8) is 0 Å². The lowest BCUT2D eigenvalue weighted by Crippen LogP contribution is -2.48. The topological polar surface area (TPSA) is 36.4 Å². The molecule has 1 fully saturated rings. The molecular weight excluding hydrogens is 348 g/mol. The molecule has 6 heteroatoms. The van der Waals surface area contributed by atoms with Crippen LogP contribution in [0.1, 0.15) is 16.1 Å². The first-order valence-electron chi connectivity index (χ1n) is 8.89. The van der Waals surface area contributed by atoms with Gasteiger partial charge in [0.25, 0.3) is 5.91 Å². The summed E-state index contributed by atoms with van der Waals surface area (Å²) in [5.41, 5.74) is 2.18. The Bertz CT molecular complexity index is 999. The lowest BCUT2D eigenvalue weighted by Gasteiger charge is -2.36. The van der Waals surface area contributed by atoms with E-state index in [1.807, 2.05) is 41.3 Å². The highest BCUT2D eigenvalue weighted by Gasteiger charge is 2.24. The zero-order valence-electron chi connectivity index (χ0n) is 15.0. The number of nitrogens with zero attached hydrogens (tertiary/aromatic N) is 3. The van der Waals surface area contributed by atoms with Gasteiger partial charge in [0.15, 0.2) is 11.6 Å². The Morgan fingerprint density at radius 1 is 1.00 bits per heavy atom. The fraction of sp³-hybridized carbons (Fsp3) is 0.238. The number of amides is 1. The first-order valence-corrected chi connectivity index (χ1v) is 8.89. The van der Waals surface area contributed by atoms with Gasteiger partial charge in [-0.05, 0) is 37.3 Å². The average molecular weight is 367 g/mol. The Hall–Kier alpha value is -3.02. The predicted octanol–water partition coefficient (Wildman–Crippen LogP) is 3.78. The molecular formula is C21H19F2N3O. The van der Waals surface area contributed by atoms with E-state index in [-0.39, 0.29) is 11.4 Å². The molecule has 0 aliphatic carbocycles. The molecule has 138 valence electrons. The zero-order chi connectivity index (χ0) is 19.0. The van der Waals surface area contributed by atoms with Gasteiger partial charge < -0.3 is 9.80 Å². The van der Waals surface area contributed by atoms with Crippen molar-refractivity contribution in [3.8, 4) is 0 Å². The summed E-state index contributed by atoms with van der Waals surface area (Å²) in [6, 6.07) is 13.8. The van der Waals surface area contributed by atoms with E-state index >= 15 is 0 Å². The third-order valence-electron chi connectivity index (χ3n) is 4.91. The quantitative estimate of drug-likeness (QED) is 0.692. The van der Waals surface area contributed by atoms with Crippen LogP contribution in [0.15, 0.2) is 48.5 Å². The molecule has 1 saturated heterocycles. The number of fused-ring (bicyclic) bond motifs is 1. The molecule has 1 aliphatic rings. The molecule has 1 amide bonds. The molecule has 0 unspecified atom stereocenters. The molecule has 3 aromatic rings. The second-order valence-electron chi connectivity index (χ2n) is 6.69. The van der Waals surface area contributed by atoms with Gasteiger partial charge in [-0.3, -0.25) is 4.79 Å². The number of hydrogen-bond donors (Lipinski definition) is 0. The van der Waals surface area contributed by atoms with E-state index in [0.717, 1.165) is 11.8 Å². The van der Waals surface area contributed by atoms with Crippen LogP contribution in [0.2, 0.25) is 0 Å². The maximum absolute atomic E-state index is 14.2. The van der Waals surface area contributed by atoms with Gasteiger partial charge in [-0.2, -0.15) is 0 Å². The molecule has 2 aromatic carbocycles. The van der Waals surface area contributed by atoms with Gasteiger partial charge in [0, 0.05) is 48.5 Å². The molecule has 2 heterocycles. The van der Waals surface area contributed by atoms with E-state index in [4.69, 9.17) is 0 Å². The van der Waals surface area contributed by atoms with Crippen LogP contribution < -0.4 is 4.90 Å². The van der Waals surface area contributed by atoms with E-state index < -0.39 is 11.6 Å². The minimum atomic E-state index is -0.921. The largest absolute Gasteiger partial charge is 0.367 e. The fourth-order valence-corrected chi connectivity index (χ4v) is 3.52. The van der Waals surface area contributed by atoms with E-state index in [0.29, 0.717) is 42.8 Å². The molecule has 27 heavy (non-hydrogen) atoms. The van der Waals surface area contributed by atoms with E-state index in [1.54, 1.807) is 13.0 Å². The Kier molecular flexibility index (Phi) is 4.48. The second kappa shape index (κ2) is 6.95. The van der Waals surface area contributed by atoms with Crippen molar-refractivity contribution >= 4 is 22.5 Å². The third-order valence-corrected chi connectivity index (χ3v) is 4.91. The average Bonchev–Trinajstić information content (AvgIpc) is 2.71. The Balaban J connectivity index is 1.58. The Labute approximate surface area is 156 Å². The molecule has 0 atom stereocenters. The molecule has 1 aromatic heterocycles. The second-order valence-corrected chi connectivity index (χ2v) is 6.69. The van der Waals surface area contributed by atoms with Crippen LogP contribution in [0.25, 0.3) is 10.9 Å². The van der Waals surface area contributed by atoms with Crippen molar-refractivity contribution in [3.05, 3.63) is 71.4 Å². The van der Waals surface area contributed by atoms with Crippen LogP contribution in [-0.4, -0.2) is 42.0 Å². The number of carbonyl (C=O) groups is 1. The van der Waals surface area contributed by atoms with Crippen LogP contribution in [0.5, 0.6) is 0 Å². The minimum absolute atomic E-state index is 0.0131. The summed E-state index contributed by atoms with van der Waals surface area (Å²) in [5, 5.41) is 0.585. The SMILES string of the molecule is Cc1cc(N2CCN(C(=O)c3ccccc3)CC2)c2ccc(F)c(F)c2n1. The van der Waals surface area contributed by atoms with Crippen molar-refractivity contribution in [2.75, 3.05) is 31.1 Å². The molecule has 4 rings (SSSR count). The Morgan fingerprint density at radius 3 is 2.41 bits per heavy atom. The lowest BCUT2D eigenvalue weighted by atomic mass is 10.1. The summed E-state index contributed by atoms with van der Waals surface area (Å²) in [4.78, 5) is 20.7. The highest BCUT2D eigenvalue weighted by Crippen LogP contribution is 2.30. The number of aromatic nitrogens is 1. The van der Waals surface area contributed by atoms with Gasteiger partial charge in [0.1, 0.15) is 5.52 Å². The minimum Gasteiger partial charge on any atom is -0.367 e. The third kappa shape index (κ3) is 3.23. The van der Waals surface area contributed by atoms with Gasteiger partial charge in [0.05, 0.1) is 0 Å². The number of halogens is 2. The summed E-state index contributed by atoms with van der Waals surface area (Å²) < 4.78 is 27.8. The molecule has 0 spiro atoms. The van der Waals surface area contributed by atoms with Crippen molar-refractivity contribution in [2.45, 2.75) is 6.92 Å². The summed E-state index contributed by atoms with van der Waals surface area (Å²) in [6.07, 6.45) is 0. The zero-order valence-corrected chi connectivity index (χ0v) is 15.0. The monoisotopic (exact) mass is 367 g/mol. The van der Waals surface area contributed by atoms with Crippen molar-refractivity contribution < 1.29 is 13.6 Å². The van der Waals surface area contributed by atoms with Crippen molar-refractivity contribution in [2.24, 2.45) is 0 Å². The summed E-state index contributed by atoms with van der Waals surface area (Å²) in [7, 11) is 0. The van der Waals surface area contributed by atoms with Crippen LogP contribution in [0.3, 0.4) is 0 Å². The molecule has 0 radical (unpaired) electrons. The van der Waals surface area contributed by atoms with Crippen molar-refractivity contribution in [1.29, 1.82) is 0 Å². The predicted molar refractivity (Wildman–Crippen MR) is 101 cm³/mol. The van der Waals surface area contributed by atoms with Gasteiger partial charge in [-0.25, -0.2) is 13.8 Å². The standard InChI is InChI=1S/C21H19F2N3O/c1-14-13-18(16-7-8-17(22)19(23)20(16)24-14)25-9-11-26(12-10-25)21(27)15-5-3-2-4-6-15/h2-8,13H,9-12H2,1H3. The van der Waals surface area contributed by atoms with Gasteiger partial charge in [-0.1, -0.05) is 18.2 Å². The first kappa shape index (κ1) is 17.4. The maximum atomic E-state index is 14.2. The van der Waals surface area contributed by atoms with Crippen LogP contribution in [0.4, 0.5) is 14.5 Å². The maximum Gasteiger partial charge on any atom is 0.253 e. The number of carbonyl (C=O) groups excluding carboxylic acids is 1. The molecule has 4 nitrogen and oxygen atoms in total. The van der Waals surface area contributed by atoms with Crippen molar-refractivity contribution in [1.82, 2.24) is 9.88 Å². The molecule has 0 saturated carbocycles. The molecule has 1 aliphatic heterocycles. The number of piperazine rings is 1. The van der Waals surface area contributed by atoms with Gasteiger partial charge >= 0.3 is 0 Å². The summed E-state index contributed by atoms with van der Waals surface area (Å²) in [6.45, 7) is 4.15. The lowest BCUT2D eigenvalue weighted by molar-refractivity contribution is 0.0747. The first-order chi connectivity index (χ1) is 13.0. The number of rotatable bonds is 2. The van der Waals surface area contributed by atoms with E-state index in [9.17, 15) is 13.6 Å². The van der Waals surface area contributed by atoms with Crippen LogP contribution in [0, 0.1) is 18.6 Å². The normalized spacial score (nSPS) is 14.6. The van der Waals surface area contributed by atoms with E-state index in [2.05, 4.69) is 9.88 Å². The summed E-state index contributed by atoms with van der Waals surface area (Å²) >= 11 is 0. The summed E-state index contributed by atoms with van der Waals surface area (Å²) in [5.74, 6) is -1.81. The van der Waals surface area contributed by atoms with Gasteiger partial charge in [-0.15, -0.1) is 0 Å². The highest BCUT2D eigenvalue weighted by atomic mass is 19.2. The number of aryl methyl sites for hydroxylation is 1. The van der Waals surface area contributed by atoms with Gasteiger partial charge in [0.2, 0.25) is 0 Å². The fourth-order valence-electron chi connectivity index (χ4n) is 3.52. The number of hydrogen-bond acceptors (Lipinski definition) is 3. The van der Waals surface area contributed by atoms with E-state index in [1.165, 1.54) is 0 Å². The number of anilines is 1. The van der Waals surface area contributed by atoms with Crippen LogP contribution >= 0.6 is 0 Å².